The van der Waals surface area contributed by atoms with Crippen LogP contribution in [0.5, 0.6) is 0 Å². The van der Waals surface area contributed by atoms with E-state index in [1.807, 2.05) is 31.3 Å². The van der Waals surface area contributed by atoms with Gasteiger partial charge in [-0.25, -0.2) is 0 Å². The second kappa shape index (κ2) is 20.5. The number of hydrogen-bond donors (Lipinski definition) is 3. The van der Waals surface area contributed by atoms with E-state index in [9.17, 15) is 0 Å². The van der Waals surface area contributed by atoms with Gasteiger partial charge in [-0.2, -0.15) is 0 Å². The Morgan fingerprint density at radius 1 is 0.929 bits per heavy atom. The Balaban J connectivity index is 0.000000608. The van der Waals surface area contributed by atoms with Crippen molar-refractivity contribution in [3.05, 3.63) is 108 Å². The van der Waals surface area contributed by atoms with Crippen molar-refractivity contribution < 1.29 is 0 Å². The van der Waals surface area contributed by atoms with Gasteiger partial charge in [0.25, 0.3) is 0 Å². The average Bonchev–Trinajstić information content (AvgIpc) is 3.00. The van der Waals surface area contributed by atoms with Gasteiger partial charge in [0, 0.05) is 14.1 Å². The van der Waals surface area contributed by atoms with Gasteiger partial charge in [-0.05, 0) is 62.5 Å². The second-order valence-electron chi connectivity index (χ2n) is 10.9. The largest absolute Gasteiger partial charge is 0.297 e. The van der Waals surface area contributed by atoms with Gasteiger partial charge in [0.05, 0.1) is 17.1 Å². The van der Waals surface area contributed by atoms with E-state index in [0.29, 0.717) is 16.4 Å². The summed E-state index contributed by atoms with van der Waals surface area (Å²) < 4.78 is 0. The quantitative estimate of drug-likeness (QED) is 0.127. The van der Waals surface area contributed by atoms with Crippen LogP contribution < -0.4 is 10.9 Å². The Morgan fingerprint density at radius 3 is 1.90 bits per heavy atom. The van der Waals surface area contributed by atoms with Gasteiger partial charge >= 0.3 is 0 Å². The minimum atomic E-state index is 0.197. The lowest BCUT2D eigenvalue weighted by atomic mass is 9.97. The van der Waals surface area contributed by atoms with E-state index in [1.54, 1.807) is 5.01 Å². The van der Waals surface area contributed by atoms with Crippen LogP contribution in [0.15, 0.2) is 108 Å². The normalized spacial score (nSPS) is 17.2. The van der Waals surface area contributed by atoms with E-state index in [1.165, 1.54) is 30.4 Å². The molecule has 3 N–H and O–H groups in total. The summed E-state index contributed by atoms with van der Waals surface area (Å²) in [6.45, 7) is 18.9. The number of unbranched alkanes of at least 4 members (excludes halogenated alkanes) is 1. The van der Waals surface area contributed by atoms with Crippen LogP contribution in [0.3, 0.4) is 0 Å². The number of likely N-dealkylation sites (N-methyl/N-ethyl adjacent to an activating group) is 2. The second-order valence-corrected chi connectivity index (χ2v) is 11.3. The van der Waals surface area contributed by atoms with Crippen LogP contribution in [0.2, 0.25) is 0 Å². The van der Waals surface area contributed by atoms with Crippen molar-refractivity contribution in [1.29, 1.82) is 5.41 Å². The molecule has 0 saturated heterocycles. The number of rotatable bonds is 11. The van der Waals surface area contributed by atoms with Crippen LogP contribution in [0.25, 0.3) is 0 Å². The zero-order chi connectivity index (χ0) is 31.5. The predicted octanol–water partition coefficient (Wildman–Crippen LogP) is 9.42. The molecule has 1 atom stereocenters. The Hall–Kier alpha value is -3.38. The molecular formula is C36H55N5S. The Bertz CT molecular complexity index is 1140. The van der Waals surface area contributed by atoms with Crippen molar-refractivity contribution >= 4 is 22.9 Å². The fraction of sp³-hybridized carbons (Fsp3) is 0.444. The molecule has 6 heteroatoms. The highest BCUT2D eigenvalue weighted by atomic mass is 32.1. The van der Waals surface area contributed by atoms with Crippen LogP contribution >= 0.6 is 12.2 Å². The first-order valence-corrected chi connectivity index (χ1v) is 15.7. The Labute approximate surface area is 262 Å². The van der Waals surface area contributed by atoms with Crippen molar-refractivity contribution in [3.8, 4) is 0 Å². The first-order chi connectivity index (χ1) is 20.0. The van der Waals surface area contributed by atoms with Crippen molar-refractivity contribution in [3.63, 3.8) is 0 Å². The van der Waals surface area contributed by atoms with Gasteiger partial charge in [-0.15, -0.1) is 0 Å². The van der Waals surface area contributed by atoms with E-state index >= 15 is 0 Å². The lowest BCUT2D eigenvalue weighted by Crippen LogP contribution is -2.43. The highest BCUT2D eigenvalue weighted by Gasteiger charge is 2.17. The molecule has 0 fully saturated rings. The van der Waals surface area contributed by atoms with Gasteiger partial charge in [-0.1, -0.05) is 132 Å². The van der Waals surface area contributed by atoms with Crippen LogP contribution in [0, 0.1) is 11.3 Å². The third kappa shape index (κ3) is 13.5. The number of thiocarbonyl (C=S) groups is 1. The zero-order valence-electron chi connectivity index (χ0n) is 27.2. The highest BCUT2D eigenvalue weighted by Crippen LogP contribution is 2.23. The number of hydrazine groups is 2. The minimum Gasteiger partial charge on any atom is -0.297 e. The van der Waals surface area contributed by atoms with Gasteiger partial charge < -0.3 is 0 Å². The molecule has 0 aromatic rings. The molecule has 0 aromatic carbocycles. The summed E-state index contributed by atoms with van der Waals surface area (Å²) in [6.07, 6.45) is 30.1. The SMILES string of the molecule is C=C(NN(C)C(=S)C1=CC=CCC1)C(=N)C(=C)NN(C)/C(=C\CC)C1=CC=CCC1.CC1=CC=CC(C)C1.CCCC. The lowest BCUT2D eigenvalue weighted by Gasteiger charge is -2.30. The summed E-state index contributed by atoms with van der Waals surface area (Å²) in [4.78, 5) is 0.703. The van der Waals surface area contributed by atoms with E-state index in [2.05, 4.69) is 107 Å². The summed E-state index contributed by atoms with van der Waals surface area (Å²) in [7, 11) is 3.78. The zero-order valence-corrected chi connectivity index (χ0v) is 28.0. The van der Waals surface area contributed by atoms with E-state index in [0.717, 1.165) is 49.3 Å². The molecular weight excluding hydrogens is 534 g/mol. The van der Waals surface area contributed by atoms with E-state index < -0.39 is 0 Å². The molecule has 0 saturated carbocycles. The third-order valence-corrected chi connectivity index (χ3v) is 7.40. The Kier molecular flexibility index (Phi) is 17.9. The summed E-state index contributed by atoms with van der Waals surface area (Å²) in [6, 6.07) is 0. The molecule has 42 heavy (non-hydrogen) atoms. The number of nitrogens with one attached hydrogen (secondary N) is 3. The predicted molar refractivity (Wildman–Crippen MR) is 189 cm³/mol. The standard InChI is InChI=1S/C24H33N5S.C8H12.C4H10/c1-6-13-22(20-14-9-7-10-15-20)28(4)26-18(2)23(25)19(3)27-29(5)24(30)21-16-11-8-12-17-21;1-7-4-3-5-8(2)6-7;1-3-4-2/h7-9,11,13-14,16,25-27H,2-3,6,10,12,15,17H2,1,4-5H3;3-5,7H,6H2,1-2H3;3-4H2,1-2H3/b22-13-,25-23?;;. The van der Waals surface area contributed by atoms with Gasteiger partial charge in [0.2, 0.25) is 0 Å². The molecule has 230 valence electrons. The van der Waals surface area contributed by atoms with E-state index in [4.69, 9.17) is 17.6 Å². The van der Waals surface area contributed by atoms with Crippen molar-refractivity contribution in [2.75, 3.05) is 14.1 Å². The van der Waals surface area contributed by atoms with Crippen molar-refractivity contribution in [2.24, 2.45) is 5.92 Å². The topological polar surface area (TPSA) is 54.4 Å². The molecule has 0 radical (unpaired) electrons. The first-order valence-electron chi connectivity index (χ1n) is 15.3. The minimum absolute atomic E-state index is 0.197. The number of nitrogens with zero attached hydrogens (tertiary/aromatic N) is 2. The molecule has 1 unspecified atom stereocenters. The van der Waals surface area contributed by atoms with Gasteiger partial charge in [0.15, 0.2) is 0 Å². The summed E-state index contributed by atoms with van der Waals surface area (Å²) in [5, 5.41) is 12.1. The van der Waals surface area contributed by atoms with Gasteiger partial charge in [-0.3, -0.25) is 26.3 Å². The van der Waals surface area contributed by atoms with Crippen LogP contribution in [0.1, 0.15) is 86.0 Å². The van der Waals surface area contributed by atoms with Crippen LogP contribution in [0.4, 0.5) is 0 Å². The molecule has 0 aromatic heterocycles. The monoisotopic (exact) mass is 589 g/mol. The maximum Gasteiger partial charge on any atom is 0.123 e. The first kappa shape index (κ1) is 36.6. The molecule has 0 spiro atoms. The summed E-state index contributed by atoms with van der Waals surface area (Å²) >= 11 is 5.56. The lowest BCUT2D eigenvalue weighted by molar-refractivity contribution is 0.347. The third-order valence-electron chi connectivity index (χ3n) is 6.87. The molecule has 0 heterocycles. The van der Waals surface area contributed by atoms with Crippen molar-refractivity contribution in [1.82, 2.24) is 20.9 Å². The number of hydrogen-bond acceptors (Lipinski definition) is 5. The fourth-order valence-electron chi connectivity index (χ4n) is 4.35. The maximum atomic E-state index is 8.47. The molecule has 3 aliphatic rings. The van der Waals surface area contributed by atoms with Gasteiger partial charge in [0.1, 0.15) is 10.7 Å². The van der Waals surface area contributed by atoms with Crippen LogP contribution in [-0.4, -0.2) is 34.8 Å². The van der Waals surface area contributed by atoms with E-state index in [-0.39, 0.29) is 5.71 Å². The van der Waals surface area contributed by atoms with Crippen molar-refractivity contribution in [2.45, 2.75) is 86.0 Å². The molecule has 3 aliphatic carbocycles. The average molecular weight is 590 g/mol. The Morgan fingerprint density at radius 2 is 1.48 bits per heavy atom. The molecule has 3 rings (SSSR count). The molecule has 0 bridgehead atoms. The molecule has 0 amide bonds. The number of allylic oxidation sites excluding steroid dienone is 12. The fourth-order valence-corrected chi connectivity index (χ4v) is 4.57. The summed E-state index contributed by atoms with van der Waals surface area (Å²) in [5.74, 6) is 0.764. The summed E-state index contributed by atoms with van der Waals surface area (Å²) in [5.41, 5.74) is 12.4. The van der Waals surface area contributed by atoms with Crippen LogP contribution in [-0.2, 0) is 0 Å². The highest BCUT2D eigenvalue weighted by molar-refractivity contribution is 7.80. The maximum absolute atomic E-state index is 8.47. The smallest absolute Gasteiger partial charge is 0.123 e. The molecule has 0 aliphatic heterocycles. The molecule has 5 nitrogen and oxygen atoms in total.